The van der Waals surface area contributed by atoms with Crippen molar-refractivity contribution in [1.29, 1.82) is 0 Å². The minimum absolute atomic E-state index is 0.0905. The maximum Gasteiger partial charge on any atom is 0.311 e. The summed E-state index contributed by atoms with van der Waals surface area (Å²) < 4.78 is 5.14. The molecule has 2 amide bonds. The van der Waals surface area contributed by atoms with E-state index in [-0.39, 0.29) is 25.5 Å². The third kappa shape index (κ3) is 4.57. The predicted molar refractivity (Wildman–Crippen MR) is 107 cm³/mol. The minimum atomic E-state index is -0.566. The largest absolute Gasteiger partial charge is 0.455 e. The maximum absolute atomic E-state index is 12.3. The van der Waals surface area contributed by atoms with Crippen LogP contribution in [0.1, 0.15) is 24.5 Å². The number of anilines is 2. The van der Waals surface area contributed by atoms with E-state index in [1.54, 1.807) is 4.90 Å². The summed E-state index contributed by atoms with van der Waals surface area (Å²) in [5.74, 6) is -1.61. The van der Waals surface area contributed by atoms with Gasteiger partial charge in [-0.05, 0) is 42.7 Å². The molecule has 2 aromatic rings. The molecule has 146 valence electrons. The van der Waals surface area contributed by atoms with Gasteiger partial charge in [0.25, 0.3) is 5.91 Å². The Morgan fingerprint density at radius 2 is 1.86 bits per heavy atom. The van der Waals surface area contributed by atoms with E-state index in [9.17, 15) is 14.4 Å². The van der Waals surface area contributed by atoms with Crippen molar-refractivity contribution in [3.8, 4) is 0 Å². The number of para-hydroxylation sites is 1. The van der Waals surface area contributed by atoms with Crippen molar-refractivity contribution in [2.45, 2.75) is 26.7 Å². The third-order valence-electron chi connectivity index (χ3n) is 4.86. The van der Waals surface area contributed by atoms with E-state index < -0.39 is 17.8 Å². The molecule has 6 heteroatoms. The second-order valence-electron chi connectivity index (χ2n) is 6.90. The van der Waals surface area contributed by atoms with E-state index in [2.05, 4.69) is 12.2 Å². The van der Waals surface area contributed by atoms with Crippen LogP contribution >= 0.6 is 0 Å². The average molecular weight is 380 g/mol. The Hall–Kier alpha value is -3.15. The summed E-state index contributed by atoms with van der Waals surface area (Å²) in [7, 11) is 0. The fraction of sp³-hybridized carbons (Fsp3) is 0.318. The Kier molecular flexibility index (Phi) is 6.09. The number of rotatable bonds is 6. The molecule has 0 spiro atoms. The van der Waals surface area contributed by atoms with Crippen molar-refractivity contribution in [1.82, 2.24) is 0 Å². The lowest BCUT2D eigenvalue weighted by molar-refractivity contribution is -0.151. The number of nitrogens with zero attached hydrogens (tertiary/aromatic N) is 1. The van der Waals surface area contributed by atoms with E-state index in [1.165, 1.54) is 5.56 Å². The normalized spacial score (nSPS) is 16.1. The summed E-state index contributed by atoms with van der Waals surface area (Å²) in [5, 5.41) is 2.70. The van der Waals surface area contributed by atoms with Crippen LogP contribution < -0.4 is 10.2 Å². The van der Waals surface area contributed by atoms with Crippen LogP contribution in [0.25, 0.3) is 0 Å². The number of ether oxygens (including phenoxy) is 1. The van der Waals surface area contributed by atoms with Crippen LogP contribution in [0.15, 0.2) is 48.5 Å². The van der Waals surface area contributed by atoms with E-state index in [0.29, 0.717) is 5.69 Å². The SMILES string of the molecule is CCc1ccc(NC(=O)COC(=O)C2CC(=O)N(c3ccccc3C)C2)cc1. The molecule has 28 heavy (non-hydrogen) atoms. The van der Waals surface area contributed by atoms with E-state index in [1.807, 2.05) is 55.5 Å². The molecule has 1 atom stereocenters. The lowest BCUT2D eigenvalue weighted by Crippen LogP contribution is -2.28. The second-order valence-corrected chi connectivity index (χ2v) is 6.90. The van der Waals surface area contributed by atoms with Crippen LogP contribution in [-0.2, 0) is 25.5 Å². The molecular formula is C22H24N2O4. The average Bonchev–Trinajstić information content (AvgIpc) is 3.08. The van der Waals surface area contributed by atoms with Crippen LogP contribution in [-0.4, -0.2) is 30.9 Å². The van der Waals surface area contributed by atoms with Crippen molar-refractivity contribution in [3.63, 3.8) is 0 Å². The molecule has 3 rings (SSSR count). The van der Waals surface area contributed by atoms with Crippen LogP contribution in [0.5, 0.6) is 0 Å². The number of nitrogens with one attached hydrogen (secondary N) is 1. The molecule has 6 nitrogen and oxygen atoms in total. The lowest BCUT2D eigenvalue weighted by atomic mass is 10.1. The molecule has 2 aromatic carbocycles. The number of benzene rings is 2. The summed E-state index contributed by atoms with van der Waals surface area (Å²) in [6.07, 6.45) is 1.01. The fourth-order valence-electron chi connectivity index (χ4n) is 3.24. The quantitative estimate of drug-likeness (QED) is 0.782. The Bertz CT molecular complexity index is 876. The van der Waals surface area contributed by atoms with Gasteiger partial charge in [-0.1, -0.05) is 37.3 Å². The monoisotopic (exact) mass is 380 g/mol. The zero-order valence-electron chi connectivity index (χ0n) is 16.1. The summed E-state index contributed by atoms with van der Waals surface area (Å²) in [4.78, 5) is 38.2. The summed E-state index contributed by atoms with van der Waals surface area (Å²) >= 11 is 0. The molecule has 1 N–H and O–H groups in total. The van der Waals surface area contributed by atoms with Gasteiger partial charge in [0.05, 0.1) is 5.92 Å². The number of hydrogen-bond acceptors (Lipinski definition) is 4. The highest BCUT2D eigenvalue weighted by atomic mass is 16.5. The standard InChI is InChI=1S/C22H24N2O4/c1-3-16-8-10-18(11-9-16)23-20(25)14-28-22(27)17-12-21(26)24(13-17)19-7-5-4-6-15(19)2/h4-11,17H,3,12-14H2,1-2H3,(H,23,25). The van der Waals surface area contributed by atoms with Gasteiger partial charge in [0.1, 0.15) is 0 Å². The molecule has 1 heterocycles. The highest BCUT2D eigenvalue weighted by Crippen LogP contribution is 2.28. The second kappa shape index (κ2) is 8.69. The van der Waals surface area contributed by atoms with E-state index in [4.69, 9.17) is 4.74 Å². The van der Waals surface area contributed by atoms with Crippen LogP contribution in [0.2, 0.25) is 0 Å². The van der Waals surface area contributed by atoms with Crippen LogP contribution in [0.4, 0.5) is 11.4 Å². The number of amides is 2. The fourth-order valence-corrected chi connectivity index (χ4v) is 3.24. The minimum Gasteiger partial charge on any atom is -0.455 e. The van der Waals surface area contributed by atoms with Crippen molar-refractivity contribution in [2.75, 3.05) is 23.4 Å². The zero-order chi connectivity index (χ0) is 20.1. The molecule has 1 fully saturated rings. The van der Waals surface area contributed by atoms with Gasteiger partial charge in [0.2, 0.25) is 5.91 Å². The number of carbonyl (C=O) groups is 3. The molecule has 0 bridgehead atoms. The van der Waals surface area contributed by atoms with E-state index >= 15 is 0 Å². The first kappa shape index (κ1) is 19.6. The first-order chi connectivity index (χ1) is 13.5. The number of aryl methyl sites for hydroxylation is 2. The Labute approximate surface area is 164 Å². The van der Waals surface area contributed by atoms with Gasteiger partial charge in [0, 0.05) is 24.3 Å². The molecule has 0 aromatic heterocycles. The van der Waals surface area contributed by atoms with Crippen molar-refractivity contribution in [2.24, 2.45) is 5.92 Å². The zero-order valence-corrected chi connectivity index (χ0v) is 16.1. The van der Waals surface area contributed by atoms with Crippen molar-refractivity contribution >= 4 is 29.2 Å². The molecular weight excluding hydrogens is 356 g/mol. The van der Waals surface area contributed by atoms with Crippen LogP contribution in [0.3, 0.4) is 0 Å². The molecule has 0 aliphatic carbocycles. The number of carbonyl (C=O) groups excluding carboxylic acids is 3. The van der Waals surface area contributed by atoms with Crippen molar-refractivity contribution < 1.29 is 19.1 Å². The first-order valence-electron chi connectivity index (χ1n) is 9.39. The van der Waals surface area contributed by atoms with Crippen molar-refractivity contribution in [3.05, 3.63) is 59.7 Å². The topological polar surface area (TPSA) is 75.7 Å². The predicted octanol–water partition coefficient (Wildman–Crippen LogP) is 3.09. The number of hydrogen-bond donors (Lipinski definition) is 1. The van der Waals surface area contributed by atoms with Gasteiger partial charge in [-0.25, -0.2) is 0 Å². The molecule has 1 unspecified atom stereocenters. The Morgan fingerprint density at radius 3 is 2.54 bits per heavy atom. The van der Waals surface area contributed by atoms with Gasteiger partial charge in [-0.15, -0.1) is 0 Å². The highest BCUT2D eigenvalue weighted by Gasteiger charge is 2.36. The molecule has 0 radical (unpaired) electrons. The smallest absolute Gasteiger partial charge is 0.311 e. The van der Waals surface area contributed by atoms with Gasteiger partial charge >= 0.3 is 5.97 Å². The summed E-state index contributed by atoms with van der Waals surface area (Å²) in [5.41, 5.74) is 3.60. The first-order valence-corrected chi connectivity index (χ1v) is 9.39. The van der Waals surface area contributed by atoms with Crippen LogP contribution in [0, 0.1) is 12.8 Å². The van der Waals surface area contributed by atoms with Gasteiger partial charge in [-0.3, -0.25) is 14.4 Å². The highest BCUT2D eigenvalue weighted by molar-refractivity contribution is 6.00. The third-order valence-corrected chi connectivity index (χ3v) is 4.86. The van der Waals surface area contributed by atoms with Gasteiger partial charge in [0.15, 0.2) is 6.61 Å². The number of esters is 1. The summed E-state index contributed by atoms with van der Waals surface area (Å²) in [6, 6.07) is 15.0. The molecule has 1 aliphatic heterocycles. The van der Waals surface area contributed by atoms with Gasteiger partial charge in [-0.2, -0.15) is 0 Å². The molecule has 1 aliphatic rings. The summed E-state index contributed by atoms with van der Waals surface area (Å²) in [6.45, 7) is 3.87. The van der Waals surface area contributed by atoms with Gasteiger partial charge < -0.3 is 15.0 Å². The van der Waals surface area contributed by atoms with E-state index in [0.717, 1.165) is 17.7 Å². The Balaban J connectivity index is 1.51. The Morgan fingerprint density at radius 1 is 1.14 bits per heavy atom. The molecule has 1 saturated heterocycles. The maximum atomic E-state index is 12.3. The lowest BCUT2D eigenvalue weighted by Gasteiger charge is -2.18. The molecule has 0 saturated carbocycles.